The predicted octanol–water partition coefficient (Wildman–Crippen LogP) is 2.85. The molecule has 2 aromatic rings. The highest BCUT2D eigenvalue weighted by Gasteiger charge is 2.11. The lowest BCUT2D eigenvalue weighted by molar-refractivity contribution is 0.0597. The predicted molar refractivity (Wildman–Crippen MR) is 95.6 cm³/mol. The van der Waals surface area contributed by atoms with Crippen LogP contribution >= 0.6 is 0 Å². The highest BCUT2D eigenvalue weighted by molar-refractivity contribution is 5.92. The monoisotopic (exact) mass is 353 g/mol. The summed E-state index contributed by atoms with van der Waals surface area (Å²) in [5.41, 5.74) is 1.54. The molecule has 0 unspecified atom stereocenters. The van der Waals surface area contributed by atoms with E-state index in [4.69, 9.17) is 4.74 Å². The molecule has 134 valence electrons. The molecule has 0 aliphatic rings. The van der Waals surface area contributed by atoms with Gasteiger partial charge >= 0.3 is 12.1 Å². The molecule has 0 aromatic heterocycles. The zero-order chi connectivity index (χ0) is 18.8. The van der Waals surface area contributed by atoms with Gasteiger partial charge in [-0.1, -0.05) is 42.2 Å². The van der Waals surface area contributed by atoms with Gasteiger partial charge in [-0.3, -0.25) is 0 Å². The van der Waals surface area contributed by atoms with Crippen LogP contribution in [0.3, 0.4) is 0 Å². The molecule has 2 aromatic carbocycles. The molecule has 0 heterocycles. The Hall–Kier alpha value is -3.46. The summed E-state index contributed by atoms with van der Waals surface area (Å²) in [4.78, 5) is 23.1. The quantitative estimate of drug-likeness (QED) is 0.490. The number of aromatic hydroxyl groups is 1. The van der Waals surface area contributed by atoms with Gasteiger partial charge in [0.05, 0.1) is 7.11 Å². The van der Waals surface area contributed by atoms with Crippen LogP contribution in [0.4, 0.5) is 4.79 Å². The molecule has 6 nitrogen and oxygen atoms in total. The highest BCUT2D eigenvalue weighted by atomic mass is 16.5. The van der Waals surface area contributed by atoms with Gasteiger partial charge in [0, 0.05) is 18.5 Å². The Morgan fingerprint density at radius 3 is 2.65 bits per heavy atom. The number of hydrogen-bond acceptors (Lipinski definition) is 5. The molecule has 2 rings (SSSR count). The minimum absolute atomic E-state index is 0.0573. The van der Waals surface area contributed by atoms with E-state index in [9.17, 15) is 14.7 Å². The summed E-state index contributed by atoms with van der Waals surface area (Å²) in [7, 11) is 1.24. The lowest BCUT2D eigenvalue weighted by atomic mass is 10.1. The second-order valence-electron chi connectivity index (χ2n) is 5.26. The number of esters is 1. The van der Waals surface area contributed by atoms with Crippen LogP contribution < -0.4 is 5.32 Å². The van der Waals surface area contributed by atoms with Crippen LogP contribution in [0.1, 0.15) is 27.9 Å². The van der Waals surface area contributed by atoms with E-state index in [1.807, 2.05) is 30.3 Å². The Labute approximate surface area is 151 Å². The number of phenols is 1. The van der Waals surface area contributed by atoms with Gasteiger partial charge in [-0.05, 0) is 23.8 Å². The van der Waals surface area contributed by atoms with Crippen molar-refractivity contribution in [1.29, 1.82) is 0 Å². The number of alkyl carbamates (subject to hydrolysis) is 1. The Kier molecular flexibility index (Phi) is 7.07. The summed E-state index contributed by atoms with van der Waals surface area (Å²) in [5.74, 6) is 4.95. The van der Waals surface area contributed by atoms with E-state index in [1.54, 1.807) is 6.07 Å². The van der Waals surface area contributed by atoms with Crippen molar-refractivity contribution >= 4 is 12.1 Å². The molecule has 0 radical (unpaired) electrons. The fourth-order valence-electron chi connectivity index (χ4n) is 2.05. The molecule has 0 aliphatic heterocycles. The Balaban J connectivity index is 1.76. The maximum Gasteiger partial charge on any atom is 0.407 e. The van der Waals surface area contributed by atoms with Crippen LogP contribution in [-0.2, 0) is 16.1 Å². The molecule has 0 spiro atoms. The van der Waals surface area contributed by atoms with Crippen LogP contribution in [-0.4, -0.2) is 30.8 Å². The van der Waals surface area contributed by atoms with Gasteiger partial charge in [-0.25, -0.2) is 9.59 Å². The molecule has 0 saturated carbocycles. The Morgan fingerprint density at radius 1 is 1.15 bits per heavy atom. The van der Waals surface area contributed by atoms with Crippen LogP contribution in [0.15, 0.2) is 48.5 Å². The van der Waals surface area contributed by atoms with Gasteiger partial charge < -0.3 is 19.9 Å². The number of ether oxygens (including phenoxy) is 2. The van der Waals surface area contributed by atoms with Gasteiger partial charge in [0.25, 0.3) is 0 Å². The molecule has 0 aliphatic carbocycles. The largest absolute Gasteiger partial charge is 0.507 e. The first kappa shape index (κ1) is 18.9. The average Bonchev–Trinajstić information content (AvgIpc) is 2.67. The number of amides is 1. The number of methoxy groups -OCH3 is 1. The lowest BCUT2D eigenvalue weighted by Crippen LogP contribution is -2.24. The average molecular weight is 353 g/mol. The Bertz CT molecular complexity index is 821. The maximum absolute atomic E-state index is 11.6. The first-order valence-corrected chi connectivity index (χ1v) is 7.95. The van der Waals surface area contributed by atoms with E-state index in [1.165, 1.54) is 19.2 Å². The summed E-state index contributed by atoms with van der Waals surface area (Å²) in [6, 6.07) is 13.8. The van der Waals surface area contributed by atoms with Crippen molar-refractivity contribution in [2.45, 2.75) is 13.0 Å². The summed E-state index contributed by atoms with van der Waals surface area (Å²) < 4.78 is 9.67. The van der Waals surface area contributed by atoms with Crippen molar-refractivity contribution in [3.05, 3.63) is 65.2 Å². The van der Waals surface area contributed by atoms with Crippen LogP contribution in [0.5, 0.6) is 5.75 Å². The standard InChI is InChI=1S/C20H19NO5/c1-25-19(23)17-13-15(10-11-18(17)22)7-5-6-12-21-20(24)26-14-16-8-3-2-4-9-16/h2-4,8-11,13,22H,6,12,14H2,1H3,(H,21,24). The fraction of sp³-hybridized carbons (Fsp3) is 0.200. The van der Waals surface area contributed by atoms with Crippen LogP contribution in [0.2, 0.25) is 0 Å². The Morgan fingerprint density at radius 2 is 1.92 bits per heavy atom. The van der Waals surface area contributed by atoms with Crippen molar-refractivity contribution in [2.75, 3.05) is 13.7 Å². The molecule has 1 amide bonds. The van der Waals surface area contributed by atoms with Crippen LogP contribution in [0, 0.1) is 11.8 Å². The van der Waals surface area contributed by atoms with Crippen molar-refractivity contribution in [3.63, 3.8) is 0 Å². The van der Waals surface area contributed by atoms with Crippen molar-refractivity contribution in [2.24, 2.45) is 0 Å². The normalized spacial score (nSPS) is 9.58. The third-order valence-corrected chi connectivity index (χ3v) is 3.37. The van der Waals surface area contributed by atoms with E-state index >= 15 is 0 Å². The van der Waals surface area contributed by atoms with Gasteiger partial charge in [-0.15, -0.1) is 0 Å². The zero-order valence-corrected chi connectivity index (χ0v) is 14.3. The van der Waals surface area contributed by atoms with E-state index in [0.29, 0.717) is 18.5 Å². The highest BCUT2D eigenvalue weighted by Crippen LogP contribution is 2.18. The van der Waals surface area contributed by atoms with Gasteiger partial charge in [-0.2, -0.15) is 0 Å². The molecule has 0 atom stereocenters. The van der Waals surface area contributed by atoms with Crippen LogP contribution in [0.25, 0.3) is 0 Å². The van der Waals surface area contributed by atoms with Crippen molar-refractivity contribution < 1.29 is 24.2 Å². The molecule has 26 heavy (non-hydrogen) atoms. The first-order chi connectivity index (χ1) is 12.6. The van der Waals surface area contributed by atoms with Gasteiger partial charge in [0.15, 0.2) is 0 Å². The number of hydrogen-bond donors (Lipinski definition) is 2. The molecule has 6 heteroatoms. The second-order valence-corrected chi connectivity index (χ2v) is 5.26. The van der Waals surface area contributed by atoms with E-state index in [2.05, 4.69) is 21.9 Å². The molecular formula is C20H19NO5. The number of nitrogens with one attached hydrogen (secondary N) is 1. The maximum atomic E-state index is 11.6. The third kappa shape index (κ3) is 5.87. The third-order valence-electron chi connectivity index (χ3n) is 3.37. The summed E-state index contributed by atoms with van der Waals surface area (Å²) in [6.07, 6.45) is -0.0947. The van der Waals surface area contributed by atoms with Gasteiger partial charge in [0.1, 0.15) is 17.9 Å². The van der Waals surface area contributed by atoms with Gasteiger partial charge in [0.2, 0.25) is 0 Å². The SMILES string of the molecule is COC(=O)c1cc(C#CCCNC(=O)OCc2ccccc2)ccc1O. The fourth-order valence-corrected chi connectivity index (χ4v) is 2.05. The zero-order valence-electron chi connectivity index (χ0n) is 14.3. The summed E-state index contributed by atoms with van der Waals surface area (Å²) in [5, 5.41) is 12.2. The minimum Gasteiger partial charge on any atom is -0.507 e. The number of carbonyl (C=O) groups is 2. The smallest absolute Gasteiger partial charge is 0.407 e. The van der Waals surface area contributed by atoms with E-state index in [0.717, 1.165) is 5.56 Å². The molecule has 0 bridgehead atoms. The first-order valence-electron chi connectivity index (χ1n) is 7.95. The number of rotatable bonds is 5. The molecular weight excluding hydrogens is 334 g/mol. The minimum atomic E-state index is -0.631. The number of carbonyl (C=O) groups excluding carboxylic acids is 2. The summed E-state index contributed by atoms with van der Waals surface area (Å²) in [6.45, 7) is 0.546. The molecule has 0 fully saturated rings. The molecule has 0 saturated heterocycles. The molecule has 2 N–H and O–H groups in total. The topological polar surface area (TPSA) is 84.9 Å². The summed E-state index contributed by atoms with van der Waals surface area (Å²) >= 11 is 0. The van der Waals surface area contributed by atoms with Crippen molar-refractivity contribution in [3.8, 4) is 17.6 Å². The number of benzene rings is 2. The van der Waals surface area contributed by atoms with Crippen molar-refractivity contribution in [1.82, 2.24) is 5.32 Å². The number of phenolic OH excluding ortho intramolecular Hbond substituents is 1. The van der Waals surface area contributed by atoms with E-state index in [-0.39, 0.29) is 17.9 Å². The lowest BCUT2D eigenvalue weighted by Gasteiger charge is -2.05. The second kappa shape index (κ2) is 9.74. The van der Waals surface area contributed by atoms with E-state index < -0.39 is 12.1 Å².